The largest absolute Gasteiger partial charge is 0.494 e. The highest BCUT2D eigenvalue weighted by Gasteiger charge is 2.25. The van der Waals surface area contributed by atoms with E-state index in [9.17, 15) is 4.79 Å². The van der Waals surface area contributed by atoms with E-state index in [4.69, 9.17) is 16.3 Å². The van der Waals surface area contributed by atoms with Gasteiger partial charge in [0.1, 0.15) is 22.9 Å². The van der Waals surface area contributed by atoms with Gasteiger partial charge in [-0.1, -0.05) is 37.9 Å². The molecule has 1 atom stereocenters. The first-order chi connectivity index (χ1) is 19.9. The number of carbonyl (C=O) groups excluding carboxylic acids is 1. The van der Waals surface area contributed by atoms with Crippen LogP contribution in [0.1, 0.15) is 61.8 Å². The van der Waals surface area contributed by atoms with Crippen LogP contribution in [-0.4, -0.2) is 47.5 Å². The SMILES string of the molecule is CCCCOc1ccc(N2CCN(c3ccc(CCC(=O)c4c(CC)nc5ccc(Cl)cn45)c(F)c3)C[C@@H]2C)cc1.Cl. The Morgan fingerprint density at radius 1 is 1.07 bits per heavy atom. The van der Waals surface area contributed by atoms with Gasteiger partial charge in [-0.2, -0.15) is 0 Å². The molecule has 1 aliphatic heterocycles. The first kappa shape index (κ1) is 31.6. The zero-order chi connectivity index (χ0) is 28.9. The normalized spacial score (nSPS) is 15.1. The van der Waals surface area contributed by atoms with Gasteiger partial charge < -0.3 is 14.5 Å². The lowest BCUT2D eigenvalue weighted by atomic mass is 10.0. The molecule has 2 aromatic heterocycles. The first-order valence-corrected chi connectivity index (χ1v) is 15.0. The zero-order valence-electron chi connectivity index (χ0n) is 24.5. The number of anilines is 2. The topological polar surface area (TPSA) is 50.1 Å². The van der Waals surface area contributed by atoms with E-state index in [1.807, 2.05) is 31.2 Å². The smallest absolute Gasteiger partial charge is 0.181 e. The van der Waals surface area contributed by atoms with Crippen molar-refractivity contribution in [2.45, 2.75) is 58.9 Å². The number of Topliss-reactive ketones (excluding diaryl/α,β-unsaturated/α-hetero) is 1. The number of hydrogen-bond acceptors (Lipinski definition) is 5. The summed E-state index contributed by atoms with van der Waals surface area (Å²) in [5.41, 5.74) is 4.54. The van der Waals surface area contributed by atoms with E-state index in [0.717, 1.165) is 56.2 Å². The minimum absolute atomic E-state index is 0. The van der Waals surface area contributed by atoms with Gasteiger partial charge in [0.15, 0.2) is 5.78 Å². The van der Waals surface area contributed by atoms with E-state index in [0.29, 0.717) is 34.8 Å². The van der Waals surface area contributed by atoms with Crippen LogP contribution in [0.15, 0.2) is 60.8 Å². The molecule has 9 heteroatoms. The number of ether oxygens (including phenoxy) is 1. The van der Waals surface area contributed by atoms with E-state index in [2.05, 4.69) is 40.8 Å². The summed E-state index contributed by atoms with van der Waals surface area (Å²) >= 11 is 6.17. The van der Waals surface area contributed by atoms with Crippen LogP contribution in [0.4, 0.5) is 15.8 Å². The molecule has 42 heavy (non-hydrogen) atoms. The number of rotatable bonds is 11. The quantitative estimate of drug-likeness (QED) is 0.128. The fourth-order valence-corrected chi connectivity index (χ4v) is 5.72. The van der Waals surface area contributed by atoms with Gasteiger partial charge in [0, 0.05) is 49.7 Å². The van der Waals surface area contributed by atoms with Gasteiger partial charge in [0.05, 0.1) is 17.3 Å². The zero-order valence-corrected chi connectivity index (χ0v) is 26.1. The molecular formula is C33H39Cl2FN4O2. The highest BCUT2D eigenvalue weighted by atomic mass is 35.5. The molecule has 0 amide bonds. The van der Waals surface area contributed by atoms with Crippen molar-refractivity contribution in [3.63, 3.8) is 0 Å². The maximum atomic E-state index is 15.2. The molecule has 0 radical (unpaired) electrons. The first-order valence-electron chi connectivity index (χ1n) is 14.6. The predicted octanol–water partition coefficient (Wildman–Crippen LogP) is 7.82. The molecule has 0 unspecified atom stereocenters. The molecule has 1 fully saturated rings. The number of ketones is 1. The van der Waals surface area contributed by atoms with Gasteiger partial charge in [0.2, 0.25) is 0 Å². The number of nitrogens with zero attached hydrogens (tertiary/aromatic N) is 4. The van der Waals surface area contributed by atoms with Gasteiger partial charge in [-0.05, 0) is 80.3 Å². The Morgan fingerprint density at radius 3 is 2.52 bits per heavy atom. The van der Waals surface area contributed by atoms with Crippen LogP contribution in [0, 0.1) is 5.82 Å². The van der Waals surface area contributed by atoms with Crippen molar-refractivity contribution in [1.82, 2.24) is 9.38 Å². The Bertz CT molecular complexity index is 1510. The van der Waals surface area contributed by atoms with E-state index in [1.54, 1.807) is 28.8 Å². The summed E-state index contributed by atoms with van der Waals surface area (Å²) in [6, 6.07) is 17.5. The molecule has 0 aliphatic carbocycles. The van der Waals surface area contributed by atoms with Crippen LogP contribution in [0.3, 0.4) is 0 Å². The van der Waals surface area contributed by atoms with Crippen LogP contribution in [0.5, 0.6) is 5.75 Å². The molecular weight excluding hydrogens is 574 g/mol. The van der Waals surface area contributed by atoms with Crippen LogP contribution < -0.4 is 14.5 Å². The number of aromatic nitrogens is 2. The number of benzene rings is 2. The van der Waals surface area contributed by atoms with Gasteiger partial charge in [-0.15, -0.1) is 12.4 Å². The molecule has 5 rings (SSSR count). The van der Waals surface area contributed by atoms with Crippen LogP contribution in [-0.2, 0) is 12.8 Å². The van der Waals surface area contributed by atoms with Crippen molar-refractivity contribution in [2.24, 2.45) is 0 Å². The second-order valence-electron chi connectivity index (χ2n) is 10.7. The molecule has 0 bridgehead atoms. The molecule has 0 saturated carbocycles. The van der Waals surface area contributed by atoms with E-state index < -0.39 is 0 Å². The summed E-state index contributed by atoms with van der Waals surface area (Å²) in [6.45, 7) is 9.51. The lowest BCUT2D eigenvalue weighted by molar-refractivity contribution is 0.0976. The summed E-state index contributed by atoms with van der Waals surface area (Å²) in [5.74, 6) is 0.561. The molecule has 1 saturated heterocycles. The van der Waals surface area contributed by atoms with Crippen molar-refractivity contribution < 1.29 is 13.9 Å². The molecule has 0 N–H and O–H groups in total. The maximum Gasteiger partial charge on any atom is 0.181 e. The highest BCUT2D eigenvalue weighted by Crippen LogP contribution is 2.28. The molecule has 4 aromatic rings. The molecule has 224 valence electrons. The predicted molar refractivity (Wildman–Crippen MR) is 172 cm³/mol. The summed E-state index contributed by atoms with van der Waals surface area (Å²) in [7, 11) is 0. The molecule has 1 aliphatic rings. The maximum absolute atomic E-state index is 15.2. The average Bonchev–Trinajstić information content (AvgIpc) is 3.35. The number of carbonyl (C=O) groups is 1. The van der Waals surface area contributed by atoms with E-state index >= 15 is 4.39 Å². The van der Waals surface area contributed by atoms with Crippen LogP contribution in [0.25, 0.3) is 5.65 Å². The number of unbranched alkanes of at least 4 members (excludes halogenated alkanes) is 1. The number of pyridine rings is 1. The highest BCUT2D eigenvalue weighted by molar-refractivity contribution is 6.30. The van der Waals surface area contributed by atoms with E-state index in [-0.39, 0.29) is 36.5 Å². The fourth-order valence-electron chi connectivity index (χ4n) is 5.56. The number of piperazine rings is 1. The fraction of sp³-hybridized carbons (Fsp3) is 0.394. The third kappa shape index (κ3) is 7.01. The van der Waals surface area contributed by atoms with Crippen molar-refractivity contribution >= 4 is 46.8 Å². The molecule has 2 aromatic carbocycles. The van der Waals surface area contributed by atoms with Gasteiger partial charge in [-0.25, -0.2) is 9.37 Å². The number of fused-ring (bicyclic) bond motifs is 1. The molecule has 6 nitrogen and oxygen atoms in total. The lowest BCUT2D eigenvalue weighted by Gasteiger charge is -2.42. The summed E-state index contributed by atoms with van der Waals surface area (Å²) < 4.78 is 22.8. The Morgan fingerprint density at radius 2 is 1.83 bits per heavy atom. The number of halogens is 3. The Kier molecular flexibility index (Phi) is 10.7. The van der Waals surface area contributed by atoms with Crippen LogP contribution in [0.2, 0.25) is 5.02 Å². The second-order valence-corrected chi connectivity index (χ2v) is 11.2. The Labute approximate surface area is 258 Å². The van der Waals surface area contributed by atoms with Gasteiger partial charge in [0.25, 0.3) is 0 Å². The van der Waals surface area contributed by atoms with E-state index in [1.165, 1.54) is 5.69 Å². The standard InChI is InChI=1S/C33H38ClFN4O2.ClH/c1-4-6-19-41-28-13-11-26(12-14-28)38-18-17-37(21-23(38)3)27-10-7-24(29(35)20-27)8-15-31(40)33-30(5-2)36-32-16-9-25(34)22-39(32)33;/h7,9-14,16,20,22-23H,4-6,8,15,17-19,21H2,1-3H3;1H/t23-;/m0./s1. The third-order valence-electron chi connectivity index (χ3n) is 7.84. The Hall–Kier alpha value is -3.29. The number of aryl methyl sites for hydroxylation is 2. The third-order valence-corrected chi connectivity index (χ3v) is 8.06. The minimum Gasteiger partial charge on any atom is -0.494 e. The van der Waals surface area contributed by atoms with Crippen LogP contribution >= 0.6 is 24.0 Å². The van der Waals surface area contributed by atoms with Gasteiger partial charge >= 0.3 is 0 Å². The van der Waals surface area contributed by atoms with Crippen molar-refractivity contribution in [3.8, 4) is 5.75 Å². The van der Waals surface area contributed by atoms with Gasteiger partial charge in [-0.3, -0.25) is 9.20 Å². The van der Waals surface area contributed by atoms with Crippen molar-refractivity contribution in [3.05, 3.63) is 88.6 Å². The summed E-state index contributed by atoms with van der Waals surface area (Å²) in [6.07, 6.45) is 5.04. The Balaban J connectivity index is 0.00000405. The monoisotopic (exact) mass is 612 g/mol. The minimum atomic E-state index is -0.277. The number of imidazole rings is 1. The molecule has 3 heterocycles. The number of hydrogen-bond donors (Lipinski definition) is 0. The summed E-state index contributed by atoms with van der Waals surface area (Å²) in [4.78, 5) is 22.4. The summed E-state index contributed by atoms with van der Waals surface area (Å²) in [5, 5.41) is 0.536. The van der Waals surface area contributed by atoms with Crippen molar-refractivity contribution in [2.75, 3.05) is 36.0 Å². The molecule has 0 spiro atoms. The van der Waals surface area contributed by atoms with Crippen molar-refractivity contribution in [1.29, 1.82) is 0 Å². The second kappa shape index (κ2) is 14.3. The lowest BCUT2D eigenvalue weighted by Crippen LogP contribution is -2.52. The average molecular weight is 614 g/mol.